The number of amides is 3. The number of thioether (sulfide) groups is 1. The van der Waals surface area contributed by atoms with Crippen LogP contribution in [-0.2, 0) is 4.79 Å². The molecule has 122 valence electrons. The Morgan fingerprint density at radius 3 is 2.48 bits per heavy atom. The van der Waals surface area contributed by atoms with Crippen LogP contribution >= 0.6 is 11.8 Å². The molecule has 2 aromatic rings. The van der Waals surface area contributed by atoms with Crippen LogP contribution in [0.1, 0.15) is 19.4 Å². The third-order valence-electron chi connectivity index (χ3n) is 3.06. The van der Waals surface area contributed by atoms with E-state index in [0.29, 0.717) is 5.16 Å². The van der Waals surface area contributed by atoms with E-state index < -0.39 is 17.2 Å². The number of nitrogens with two attached hydrogens (primary N) is 1. The lowest BCUT2D eigenvalue weighted by Gasteiger charge is -2.18. The Balaban J connectivity index is 2.25. The van der Waals surface area contributed by atoms with Crippen LogP contribution in [0.3, 0.4) is 0 Å². The number of primary amides is 1. The highest BCUT2D eigenvalue weighted by Crippen LogP contribution is 2.27. The van der Waals surface area contributed by atoms with E-state index in [-0.39, 0.29) is 5.92 Å². The molecule has 1 aromatic carbocycles. The van der Waals surface area contributed by atoms with E-state index in [1.807, 2.05) is 45.0 Å². The van der Waals surface area contributed by atoms with Crippen molar-refractivity contribution in [2.24, 2.45) is 11.7 Å². The van der Waals surface area contributed by atoms with Gasteiger partial charge < -0.3 is 5.73 Å². The van der Waals surface area contributed by atoms with Gasteiger partial charge in [0.15, 0.2) is 0 Å². The summed E-state index contributed by atoms with van der Waals surface area (Å²) in [6.45, 7) is 5.73. The van der Waals surface area contributed by atoms with E-state index >= 15 is 0 Å². The summed E-state index contributed by atoms with van der Waals surface area (Å²) in [5.74, 6) is -0.501. The number of benzene rings is 1. The molecule has 9 heteroatoms. The molecule has 0 spiro atoms. The van der Waals surface area contributed by atoms with Gasteiger partial charge in [0.05, 0.1) is 10.9 Å². The zero-order chi connectivity index (χ0) is 17.0. The lowest BCUT2D eigenvalue weighted by Crippen LogP contribution is -2.42. The molecule has 1 aromatic heterocycles. The molecule has 0 saturated heterocycles. The molecule has 0 radical (unpaired) electrons. The lowest BCUT2D eigenvalue weighted by atomic mass is 10.1. The summed E-state index contributed by atoms with van der Waals surface area (Å²) in [6, 6.07) is 6.81. The fourth-order valence-electron chi connectivity index (χ4n) is 1.90. The molecule has 0 aliphatic rings. The smallest absolute Gasteiger partial charge is 0.318 e. The summed E-state index contributed by atoms with van der Waals surface area (Å²) in [6.07, 6.45) is 0. The van der Waals surface area contributed by atoms with Crippen LogP contribution < -0.4 is 11.1 Å². The number of hydrogen-bond donors (Lipinski definition) is 2. The second-order valence-electron chi connectivity index (χ2n) is 5.34. The van der Waals surface area contributed by atoms with Crippen LogP contribution in [-0.4, -0.2) is 37.4 Å². The molecular formula is C14H18N6O2S. The Morgan fingerprint density at radius 2 is 1.91 bits per heavy atom. The SMILES string of the molecule is Cc1ccc(-n2nnnc2S[C@H](C(=O)NC(N)=O)C(C)C)cc1. The van der Waals surface area contributed by atoms with Gasteiger partial charge in [-0.3, -0.25) is 10.1 Å². The van der Waals surface area contributed by atoms with E-state index in [1.165, 1.54) is 11.8 Å². The van der Waals surface area contributed by atoms with Crippen LogP contribution in [0.4, 0.5) is 4.79 Å². The normalized spacial score (nSPS) is 12.2. The van der Waals surface area contributed by atoms with Gasteiger partial charge in [-0.05, 0) is 35.4 Å². The number of carbonyl (C=O) groups excluding carboxylic acids is 2. The van der Waals surface area contributed by atoms with Crippen LogP contribution in [0.15, 0.2) is 29.4 Å². The average Bonchev–Trinajstić information content (AvgIpc) is 2.92. The topological polar surface area (TPSA) is 116 Å². The van der Waals surface area contributed by atoms with E-state index in [4.69, 9.17) is 5.73 Å². The maximum atomic E-state index is 12.1. The standard InChI is InChI=1S/C14H18N6O2S/c1-8(2)11(12(21)16-13(15)22)23-14-17-18-19-20(14)10-6-4-9(3)5-7-10/h4-8,11H,1-3H3,(H3,15,16,21,22)/t11-/m0/s1. The fourth-order valence-corrected chi connectivity index (χ4v) is 2.89. The number of imide groups is 1. The highest BCUT2D eigenvalue weighted by Gasteiger charge is 2.27. The minimum absolute atomic E-state index is 0.0393. The van der Waals surface area contributed by atoms with Gasteiger partial charge >= 0.3 is 6.03 Å². The van der Waals surface area contributed by atoms with Crippen LogP contribution in [0.25, 0.3) is 5.69 Å². The van der Waals surface area contributed by atoms with Crippen LogP contribution in [0, 0.1) is 12.8 Å². The molecule has 3 N–H and O–H groups in total. The Hall–Kier alpha value is -2.42. The molecule has 1 atom stereocenters. The van der Waals surface area contributed by atoms with Gasteiger partial charge in [0.1, 0.15) is 0 Å². The number of carbonyl (C=O) groups is 2. The van der Waals surface area contributed by atoms with Gasteiger partial charge in [0.2, 0.25) is 11.1 Å². The van der Waals surface area contributed by atoms with Crippen molar-refractivity contribution in [1.29, 1.82) is 0 Å². The zero-order valence-corrected chi connectivity index (χ0v) is 13.9. The predicted octanol–water partition coefficient (Wildman–Crippen LogP) is 1.28. The number of aryl methyl sites for hydroxylation is 1. The molecule has 0 fully saturated rings. The Morgan fingerprint density at radius 1 is 1.26 bits per heavy atom. The van der Waals surface area contributed by atoms with E-state index in [0.717, 1.165) is 11.3 Å². The summed E-state index contributed by atoms with van der Waals surface area (Å²) in [4.78, 5) is 23.0. The molecule has 2 rings (SSSR count). The minimum Gasteiger partial charge on any atom is -0.351 e. The van der Waals surface area contributed by atoms with E-state index in [1.54, 1.807) is 4.68 Å². The molecular weight excluding hydrogens is 316 g/mol. The summed E-state index contributed by atoms with van der Waals surface area (Å²) in [5, 5.41) is 13.6. The predicted molar refractivity (Wildman–Crippen MR) is 86.1 cm³/mol. The van der Waals surface area contributed by atoms with E-state index in [2.05, 4.69) is 20.8 Å². The van der Waals surface area contributed by atoms with Crippen LogP contribution in [0.2, 0.25) is 0 Å². The third kappa shape index (κ3) is 4.28. The maximum Gasteiger partial charge on any atom is 0.318 e. The molecule has 0 bridgehead atoms. The summed E-state index contributed by atoms with van der Waals surface area (Å²) in [5.41, 5.74) is 6.93. The number of nitrogens with zero attached hydrogens (tertiary/aromatic N) is 4. The summed E-state index contributed by atoms with van der Waals surface area (Å²) in [7, 11) is 0. The summed E-state index contributed by atoms with van der Waals surface area (Å²) < 4.78 is 1.55. The molecule has 0 aliphatic heterocycles. The first kappa shape index (κ1) is 16.9. The molecule has 0 saturated carbocycles. The first-order chi connectivity index (χ1) is 10.9. The lowest BCUT2D eigenvalue weighted by molar-refractivity contribution is -0.120. The van der Waals surface area contributed by atoms with Gasteiger partial charge in [0, 0.05) is 0 Å². The Labute approximate surface area is 137 Å². The number of rotatable bonds is 5. The number of tetrazole rings is 1. The molecule has 23 heavy (non-hydrogen) atoms. The maximum absolute atomic E-state index is 12.1. The van der Waals surface area contributed by atoms with Gasteiger partial charge in [0.25, 0.3) is 0 Å². The Kier molecular flexibility index (Phi) is 5.32. The first-order valence-corrected chi connectivity index (χ1v) is 7.89. The van der Waals surface area contributed by atoms with Gasteiger partial charge in [-0.1, -0.05) is 43.3 Å². The molecule has 0 aliphatic carbocycles. The zero-order valence-electron chi connectivity index (χ0n) is 13.1. The van der Waals surface area contributed by atoms with Crippen molar-refractivity contribution in [2.75, 3.05) is 0 Å². The number of aromatic nitrogens is 4. The van der Waals surface area contributed by atoms with Crippen molar-refractivity contribution >= 4 is 23.7 Å². The third-order valence-corrected chi connectivity index (χ3v) is 4.54. The molecule has 3 amide bonds. The number of nitrogens with one attached hydrogen (secondary N) is 1. The fraction of sp³-hybridized carbons (Fsp3) is 0.357. The van der Waals surface area contributed by atoms with Crippen LogP contribution in [0.5, 0.6) is 0 Å². The molecule has 8 nitrogen and oxygen atoms in total. The molecule has 1 heterocycles. The second kappa shape index (κ2) is 7.23. The monoisotopic (exact) mass is 334 g/mol. The van der Waals surface area contributed by atoms with Crippen molar-refractivity contribution in [1.82, 2.24) is 25.5 Å². The van der Waals surface area contributed by atoms with Crippen molar-refractivity contribution in [3.05, 3.63) is 29.8 Å². The highest BCUT2D eigenvalue weighted by molar-refractivity contribution is 8.00. The minimum atomic E-state index is -0.876. The summed E-state index contributed by atoms with van der Waals surface area (Å²) >= 11 is 1.19. The second-order valence-corrected chi connectivity index (χ2v) is 6.45. The Bertz CT molecular complexity index is 698. The van der Waals surface area contributed by atoms with Gasteiger partial charge in [-0.2, -0.15) is 4.68 Å². The average molecular weight is 334 g/mol. The van der Waals surface area contributed by atoms with E-state index in [9.17, 15) is 9.59 Å². The number of urea groups is 1. The number of hydrogen-bond acceptors (Lipinski definition) is 6. The van der Waals surface area contributed by atoms with Crippen molar-refractivity contribution in [3.63, 3.8) is 0 Å². The van der Waals surface area contributed by atoms with Crippen molar-refractivity contribution < 1.29 is 9.59 Å². The quantitative estimate of drug-likeness (QED) is 0.796. The van der Waals surface area contributed by atoms with Crippen molar-refractivity contribution in [3.8, 4) is 5.69 Å². The highest BCUT2D eigenvalue weighted by atomic mass is 32.2. The van der Waals surface area contributed by atoms with Crippen molar-refractivity contribution in [2.45, 2.75) is 31.2 Å². The largest absolute Gasteiger partial charge is 0.351 e. The van der Waals surface area contributed by atoms with Gasteiger partial charge in [-0.15, -0.1) is 5.10 Å². The molecule has 0 unspecified atom stereocenters. The first-order valence-electron chi connectivity index (χ1n) is 7.01. The van der Waals surface area contributed by atoms with Gasteiger partial charge in [-0.25, -0.2) is 4.79 Å².